The van der Waals surface area contributed by atoms with Crippen molar-refractivity contribution in [2.75, 3.05) is 0 Å². The van der Waals surface area contributed by atoms with Crippen LogP contribution in [0.2, 0.25) is 0 Å². The summed E-state index contributed by atoms with van der Waals surface area (Å²) in [5, 5.41) is 19.8. The fourth-order valence-electron chi connectivity index (χ4n) is 3.51. The average Bonchev–Trinajstić information content (AvgIpc) is 3.20. The predicted molar refractivity (Wildman–Crippen MR) is 117 cm³/mol. The zero-order chi connectivity index (χ0) is 22.4. The molecule has 1 unspecified atom stereocenters. The Morgan fingerprint density at radius 3 is 2.55 bits per heavy atom. The molecule has 0 bridgehead atoms. The Kier molecular flexibility index (Phi) is 7.26. The molecule has 3 rings (SSSR count). The molecule has 1 amide bonds. The molecular weight excluding hydrogens is 394 g/mol. The topological polar surface area (TPSA) is 87.1 Å². The first-order valence-electron chi connectivity index (χ1n) is 10.3. The number of allylic oxidation sites excluding steroid dienone is 1. The number of hydrogen-bond donors (Lipinski definition) is 2. The van der Waals surface area contributed by atoms with Crippen LogP contribution >= 0.6 is 0 Å². The van der Waals surface area contributed by atoms with Gasteiger partial charge in [-0.15, -0.1) is 0 Å². The molecule has 0 saturated heterocycles. The third kappa shape index (κ3) is 5.61. The van der Waals surface area contributed by atoms with Gasteiger partial charge in [0.25, 0.3) is 5.91 Å². The summed E-state index contributed by atoms with van der Waals surface area (Å²) < 4.78 is 5.86. The summed E-state index contributed by atoms with van der Waals surface area (Å²) in [6.07, 6.45) is 1.72. The molecule has 162 valence electrons. The second-order valence-electron chi connectivity index (χ2n) is 7.55. The third-order valence-electron chi connectivity index (χ3n) is 5.23. The van der Waals surface area contributed by atoms with Gasteiger partial charge >= 0.3 is 5.97 Å². The Morgan fingerprint density at radius 1 is 1.16 bits per heavy atom. The highest BCUT2D eigenvalue weighted by molar-refractivity contribution is 5.94. The van der Waals surface area contributed by atoms with Gasteiger partial charge in [-0.05, 0) is 41.3 Å². The van der Waals surface area contributed by atoms with Crippen molar-refractivity contribution in [3.05, 3.63) is 94.8 Å². The monoisotopic (exact) mass is 421 g/mol. The van der Waals surface area contributed by atoms with Crippen molar-refractivity contribution in [2.24, 2.45) is 0 Å². The molecule has 0 saturated carbocycles. The molecule has 2 N–H and O–H groups in total. The predicted octanol–water partition coefficient (Wildman–Crippen LogP) is 4.04. The second-order valence-corrected chi connectivity index (χ2v) is 7.55. The number of aliphatic hydroxyl groups excluding tert-OH is 1. The Balaban J connectivity index is 1.59. The number of rotatable bonds is 9. The van der Waals surface area contributed by atoms with Crippen molar-refractivity contribution in [3.63, 3.8) is 0 Å². The van der Waals surface area contributed by atoms with E-state index in [1.54, 1.807) is 17.0 Å². The van der Waals surface area contributed by atoms with E-state index in [1.807, 2.05) is 43.3 Å². The molecule has 1 aliphatic rings. The molecule has 6 nitrogen and oxygen atoms in total. The highest BCUT2D eigenvalue weighted by Crippen LogP contribution is 2.26. The summed E-state index contributed by atoms with van der Waals surface area (Å²) in [6, 6.07) is 14.6. The highest BCUT2D eigenvalue weighted by Gasteiger charge is 2.28. The molecule has 0 fully saturated rings. The lowest BCUT2D eigenvalue weighted by atomic mass is 10.1. The molecule has 6 heteroatoms. The maximum absolute atomic E-state index is 12.9. The van der Waals surface area contributed by atoms with Crippen molar-refractivity contribution in [1.82, 2.24) is 4.90 Å². The first-order valence-corrected chi connectivity index (χ1v) is 10.3. The van der Waals surface area contributed by atoms with Crippen LogP contribution in [0, 0.1) is 0 Å². The maximum Gasteiger partial charge on any atom is 0.335 e. The number of fused-ring (bicyclic) bond motifs is 1. The number of carboxylic acid groups (broad SMARTS) is 1. The minimum absolute atomic E-state index is 0.0941. The van der Waals surface area contributed by atoms with E-state index in [0.29, 0.717) is 25.5 Å². The third-order valence-corrected chi connectivity index (χ3v) is 5.23. The molecule has 1 atom stereocenters. The van der Waals surface area contributed by atoms with E-state index in [0.717, 1.165) is 23.1 Å². The van der Waals surface area contributed by atoms with Gasteiger partial charge in [-0.3, -0.25) is 4.79 Å². The molecule has 0 aliphatic carbocycles. The molecule has 0 aromatic heterocycles. The normalized spacial score (nSPS) is 14.1. The van der Waals surface area contributed by atoms with Gasteiger partial charge in [0.1, 0.15) is 6.61 Å². The number of hydrogen-bond acceptors (Lipinski definition) is 4. The minimum atomic E-state index is -1.07. The lowest BCUT2D eigenvalue weighted by Crippen LogP contribution is -2.31. The Bertz CT molecular complexity index is 996. The lowest BCUT2D eigenvalue weighted by molar-refractivity contribution is -0.128. The van der Waals surface area contributed by atoms with E-state index >= 15 is 0 Å². The smallest absolute Gasteiger partial charge is 0.335 e. The summed E-state index contributed by atoms with van der Waals surface area (Å²) in [7, 11) is 0. The number of amides is 1. The Morgan fingerprint density at radius 2 is 1.87 bits per heavy atom. The summed E-state index contributed by atoms with van der Waals surface area (Å²) >= 11 is 0. The van der Waals surface area contributed by atoms with Crippen LogP contribution in [-0.4, -0.2) is 33.1 Å². The second kappa shape index (κ2) is 10.1. The molecule has 0 radical (unpaired) electrons. The van der Waals surface area contributed by atoms with Gasteiger partial charge in [0.2, 0.25) is 0 Å². The number of carbonyl (C=O) groups excluding carboxylic acids is 1. The van der Waals surface area contributed by atoms with Gasteiger partial charge in [0.05, 0.1) is 17.4 Å². The molecule has 2 aromatic carbocycles. The van der Waals surface area contributed by atoms with Crippen molar-refractivity contribution in [3.8, 4) is 0 Å². The average molecular weight is 421 g/mol. The van der Waals surface area contributed by atoms with Gasteiger partial charge in [-0.1, -0.05) is 49.9 Å². The first-order chi connectivity index (χ1) is 14.9. The summed E-state index contributed by atoms with van der Waals surface area (Å²) in [5.41, 5.74) is 3.00. The van der Waals surface area contributed by atoms with E-state index < -0.39 is 12.1 Å². The Labute approximate surface area is 182 Å². The van der Waals surface area contributed by atoms with E-state index in [2.05, 4.69) is 6.58 Å². The van der Waals surface area contributed by atoms with E-state index in [-0.39, 0.29) is 23.5 Å². The first kappa shape index (κ1) is 22.3. The van der Waals surface area contributed by atoms with Crippen LogP contribution in [0.1, 0.15) is 46.8 Å². The summed E-state index contributed by atoms with van der Waals surface area (Å²) in [5.74, 6) is -0.735. The van der Waals surface area contributed by atoms with Crippen LogP contribution in [0.5, 0.6) is 0 Å². The number of carboxylic acids is 1. The molecule has 1 aliphatic heterocycles. The van der Waals surface area contributed by atoms with Crippen molar-refractivity contribution in [2.45, 2.75) is 45.6 Å². The quantitative estimate of drug-likeness (QED) is 0.471. The zero-order valence-corrected chi connectivity index (χ0v) is 17.6. The summed E-state index contributed by atoms with van der Waals surface area (Å²) in [6.45, 7) is 6.84. The van der Waals surface area contributed by atoms with Crippen LogP contribution in [0.4, 0.5) is 0 Å². The fourth-order valence-corrected chi connectivity index (χ4v) is 3.51. The Hall–Kier alpha value is -3.38. The van der Waals surface area contributed by atoms with Crippen LogP contribution in [0.15, 0.2) is 72.5 Å². The molecule has 31 heavy (non-hydrogen) atoms. The fraction of sp³-hybridized carbons (Fsp3) is 0.280. The van der Waals surface area contributed by atoms with Crippen molar-refractivity contribution >= 4 is 11.9 Å². The van der Waals surface area contributed by atoms with Crippen LogP contribution < -0.4 is 0 Å². The maximum atomic E-state index is 12.9. The number of aromatic carboxylic acids is 1. The lowest BCUT2D eigenvalue weighted by Gasteiger charge is -2.21. The SMILES string of the molecule is C=C(C(=O)N1Cc2ccc(C(=O)O)cc2C1)C(O)C/C(=C/CC)OCc1ccccc1. The van der Waals surface area contributed by atoms with Gasteiger partial charge in [0.15, 0.2) is 0 Å². The number of carbonyl (C=O) groups is 2. The van der Waals surface area contributed by atoms with E-state index in [4.69, 9.17) is 9.84 Å². The highest BCUT2D eigenvalue weighted by atomic mass is 16.5. The number of benzene rings is 2. The largest absolute Gasteiger partial charge is 0.493 e. The zero-order valence-electron chi connectivity index (χ0n) is 17.6. The number of aliphatic hydroxyl groups is 1. The van der Waals surface area contributed by atoms with Crippen molar-refractivity contribution < 1.29 is 24.5 Å². The van der Waals surface area contributed by atoms with Crippen molar-refractivity contribution in [1.29, 1.82) is 0 Å². The van der Waals surface area contributed by atoms with E-state index in [1.165, 1.54) is 6.07 Å². The number of ether oxygens (including phenoxy) is 1. The van der Waals surface area contributed by atoms with Crippen LogP contribution in [0.3, 0.4) is 0 Å². The molecule has 2 aromatic rings. The summed E-state index contributed by atoms with van der Waals surface area (Å²) in [4.78, 5) is 25.6. The van der Waals surface area contributed by atoms with Crippen LogP contribution in [-0.2, 0) is 29.2 Å². The van der Waals surface area contributed by atoms with Gasteiger partial charge in [-0.2, -0.15) is 0 Å². The van der Waals surface area contributed by atoms with Crippen LogP contribution in [0.25, 0.3) is 0 Å². The molecule has 0 spiro atoms. The van der Waals surface area contributed by atoms with Gasteiger partial charge in [-0.25, -0.2) is 4.79 Å². The number of nitrogens with zero attached hydrogens (tertiary/aromatic N) is 1. The molecular formula is C25H27NO5. The van der Waals surface area contributed by atoms with Gasteiger partial charge < -0.3 is 19.8 Å². The van der Waals surface area contributed by atoms with E-state index in [9.17, 15) is 14.7 Å². The minimum Gasteiger partial charge on any atom is -0.493 e. The standard InChI is InChI=1S/C25H27NO5/c1-3-7-22(31-16-18-8-5-4-6-9-18)13-23(27)17(2)24(28)26-14-20-11-10-19(25(29)30)12-21(20)15-26/h4-12,23,27H,2-3,13-16H2,1H3,(H,29,30)/b22-7-. The molecule has 1 heterocycles. The van der Waals surface area contributed by atoms with Gasteiger partial charge in [0, 0.05) is 25.1 Å².